The molecule has 0 bridgehead atoms. The van der Waals surface area contributed by atoms with E-state index in [0.717, 1.165) is 5.75 Å². The molecule has 0 spiro atoms. The fourth-order valence-corrected chi connectivity index (χ4v) is 3.58. The topological polar surface area (TPSA) is 61.2 Å². The van der Waals surface area contributed by atoms with Gasteiger partial charge in [0.25, 0.3) is 0 Å². The maximum atomic E-state index is 11.5. The fraction of sp³-hybridized carbons (Fsp3) is 0.857. The molecule has 0 aliphatic carbocycles. The molecule has 0 saturated carbocycles. The monoisotopic (exact) mass is 220 g/mol. The van der Waals surface area contributed by atoms with Gasteiger partial charge in [0, 0.05) is 18.1 Å². The number of hydrogen-bond donors (Lipinski definition) is 0. The van der Waals surface area contributed by atoms with E-state index < -0.39 is 16.1 Å². The average molecular weight is 220 g/mol. The summed E-state index contributed by atoms with van der Waals surface area (Å²) in [6, 6.07) is 1.55. The van der Waals surface area contributed by atoms with E-state index in [-0.39, 0.29) is 5.75 Å². The second-order valence-corrected chi connectivity index (χ2v) is 6.09. The molecule has 1 rings (SSSR count). The van der Waals surface area contributed by atoms with Gasteiger partial charge in [-0.05, 0) is 6.92 Å². The van der Waals surface area contributed by atoms with Crippen molar-refractivity contribution in [3.05, 3.63) is 0 Å². The van der Waals surface area contributed by atoms with Crippen molar-refractivity contribution in [2.75, 3.05) is 23.8 Å². The van der Waals surface area contributed by atoms with Crippen LogP contribution in [0.1, 0.15) is 6.92 Å². The molecule has 1 unspecified atom stereocenters. The molecule has 0 amide bonds. The number of sulfonamides is 1. The smallest absolute Gasteiger partial charge is 0.212 e. The molecule has 1 aliphatic rings. The van der Waals surface area contributed by atoms with Crippen LogP contribution in [0.2, 0.25) is 0 Å². The van der Waals surface area contributed by atoms with Gasteiger partial charge in [-0.25, -0.2) is 8.42 Å². The largest absolute Gasteiger partial charge is 0.215 e. The van der Waals surface area contributed by atoms with Crippen molar-refractivity contribution in [3.8, 4) is 6.07 Å². The van der Waals surface area contributed by atoms with E-state index in [9.17, 15) is 8.42 Å². The van der Waals surface area contributed by atoms with Gasteiger partial charge in [-0.2, -0.15) is 21.3 Å². The standard InChI is InChI=1S/C7H12N2O2S2/c1-2-13(10,11)9-3-4-12-6-7(9)5-8/h7H,2-4,6H2,1H3. The SMILES string of the molecule is CCS(=O)(=O)N1CCSCC1C#N. The predicted molar refractivity (Wildman–Crippen MR) is 52.9 cm³/mol. The molecular formula is C7H12N2O2S2. The minimum atomic E-state index is -3.19. The maximum Gasteiger partial charge on any atom is 0.215 e. The van der Waals surface area contributed by atoms with Gasteiger partial charge in [0.15, 0.2) is 0 Å². The van der Waals surface area contributed by atoms with E-state index in [0.29, 0.717) is 12.3 Å². The van der Waals surface area contributed by atoms with Crippen molar-refractivity contribution >= 4 is 21.8 Å². The Labute approximate surface area is 83.0 Å². The molecule has 1 atom stereocenters. The van der Waals surface area contributed by atoms with Crippen molar-refractivity contribution in [2.45, 2.75) is 13.0 Å². The number of rotatable bonds is 2. The van der Waals surface area contributed by atoms with E-state index in [1.54, 1.807) is 18.7 Å². The van der Waals surface area contributed by atoms with E-state index >= 15 is 0 Å². The Bertz CT molecular complexity index is 307. The summed E-state index contributed by atoms with van der Waals surface area (Å²) in [5, 5.41) is 8.75. The Morgan fingerprint density at radius 1 is 1.69 bits per heavy atom. The first-order chi connectivity index (χ1) is 6.11. The van der Waals surface area contributed by atoms with E-state index in [4.69, 9.17) is 5.26 Å². The first-order valence-electron chi connectivity index (χ1n) is 4.08. The van der Waals surface area contributed by atoms with Crippen molar-refractivity contribution in [1.82, 2.24) is 4.31 Å². The lowest BCUT2D eigenvalue weighted by atomic mass is 10.4. The quantitative estimate of drug-likeness (QED) is 0.670. The summed E-state index contributed by atoms with van der Waals surface area (Å²) in [4.78, 5) is 0. The Balaban J connectivity index is 2.83. The highest BCUT2D eigenvalue weighted by molar-refractivity contribution is 7.99. The zero-order valence-corrected chi connectivity index (χ0v) is 9.07. The van der Waals surface area contributed by atoms with Crippen LogP contribution in [0.25, 0.3) is 0 Å². The number of nitriles is 1. The van der Waals surface area contributed by atoms with Gasteiger partial charge >= 0.3 is 0 Å². The summed E-state index contributed by atoms with van der Waals surface area (Å²) in [5.74, 6) is 1.46. The third-order valence-electron chi connectivity index (χ3n) is 1.95. The van der Waals surface area contributed by atoms with Gasteiger partial charge in [0.1, 0.15) is 6.04 Å². The molecule has 0 aromatic carbocycles. The summed E-state index contributed by atoms with van der Waals surface area (Å²) in [6.07, 6.45) is 0. The summed E-state index contributed by atoms with van der Waals surface area (Å²) in [5.41, 5.74) is 0. The van der Waals surface area contributed by atoms with Crippen LogP contribution >= 0.6 is 11.8 Å². The second kappa shape index (κ2) is 4.31. The highest BCUT2D eigenvalue weighted by atomic mass is 32.2. The van der Waals surface area contributed by atoms with Crippen LogP contribution < -0.4 is 0 Å². The van der Waals surface area contributed by atoms with Gasteiger partial charge in [0.05, 0.1) is 11.8 Å². The number of hydrogen-bond acceptors (Lipinski definition) is 4. The lowest BCUT2D eigenvalue weighted by Crippen LogP contribution is -2.45. The third kappa shape index (κ3) is 2.36. The van der Waals surface area contributed by atoms with E-state index in [2.05, 4.69) is 0 Å². The lowest BCUT2D eigenvalue weighted by Gasteiger charge is -2.29. The summed E-state index contributed by atoms with van der Waals surface area (Å²) < 4.78 is 24.3. The van der Waals surface area contributed by atoms with E-state index in [1.165, 1.54) is 4.31 Å². The second-order valence-electron chi connectivity index (χ2n) is 2.73. The lowest BCUT2D eigenvalue weighted by molar-refractivity contribution is 0.398. The molecule has 1 fully saturated rings. The van der Waals surface area contributed by atoms with Crippen LogP contribution in [0.15, 0.2) is 0 Å². The molecule has 0 N–H and O–H groups in total. The zero-order chi connectivity index (χ0) is 9.90. The molecule has 0 aromatic heterocycles. The fourth-order valence-electron chi connectivity index (χ4n) is 1.19. The molecule has 0 radical (unpaired) electrons. The molecule has 6 heteroatoms. The van der Waals surface area contributed by atoms with Gasteiger partial charge < -0.3 is 0 Å². The van der Waals surface area contributed by atoms with Gasteiger partial charge in [-0.1, -0.05) is 0 Å². The van der Waals surface area contributed by atoms with Gasteiger partial charge in [-0.15, -0.1) is 0 Å². The molecular weight excluding hydrogens is 208 g/mol. The first kappa shape index (κ1) is 10.8. The van der Waals surface area contributed by atoms with Crippen LogP contribution in [0.4, 0.5) is 0 Å². The number of thioether (sulfide) groups is 1. The summed E-state index contributed by atoms with van der Waals surface area (Å²) >= 11 is 1.63. The summed E-state index contributed by atoms with van der Waals surface area (Å²) in [6.45, 7) is 2.07. The van der Waals surface area contributed by atoms with Crippen molar-refractivity contribution in [2.24, 2.45) is 0 Å². The highest BCUT2D eigenvalue weighted by Crippen LogP contribution is 2.19. The molecule has 4 nitrogen and oxygen atoms in total. The normalized spacial score (nSPS) is 25.4. The molecule has 1 heterocycles. The zero-order valence-electron chi connectivity index (χ0n) is 7.43. The predicted octanol–water partition coefficient (Wildman–Crippen LogP) is 0.277. The molecule has 74 valence electrons. The van der Waals surface area contributed by atoms with E-state index in [1.807, 2.05) is 6.07 Å². The van der Waals surface area contributed by atoms with Crippen LogP contribution in [0.3, 0.4) is 0 Å². The average Bonchev–Trinajstić information content (AvgIpc) is 2.18. The van der Waals surface area contributed by atoms with Crippen LogP contribution in [0.5, 0.6) is 0 Å². The van der Waals surface area contributed by atoms with Crippen molar-refractivity contribution < 1.29 is 8.42 Å². The molecule has 1 saturated heterocycles. The molecule has 0 aromatic rings. The molecule has 1 aliphatic heterocycles. The van der Waals surface area contributed by atoms with Gasteiger partial charge in [0.2, 0.25) is 10.0 Å². The Morgan fingerprint density at radius 2 is 2.38 bits per heavy atom. The van der Waals surface area contributed by atoms with Gasteiger partial charge in [-0.3, -0.25) is 0 Å². The Kier molecular flexibility index (Phi) is 3.59. The third-order valence-corrected chi connectivity index (χ3v) is 4.85. The minimum Gasteiger partial charge on any atom is -0.212 e. The minimum absolute atomic E-state index is 0.0792. The highest BCUT2D eigenvalue weighted by Gasteiger charge is 2.31. The Morgan fingerprint density at radius 3 is 2.92 bits per heavy atom. The Hall–Kier alpha value is -0.250. The number of nitrogens with zero attached hydrogens (tertiary/aromatic N) is 2. The summed E-state index contributed by atoms with van der Waals surface area (Å²) in [7, 11) is -3.19. The van der Waals surface area contributed by atoms with Crippen LogP contribution in [0, 0.1) is 11.3 Å². The molecule has 13 heavy (non-hydrogen) atoms. The van der Waals surface area contributed by atoms with Crippen molar-refractivity contribution in [3.63, 3.8) is 0 Å². The van der Waals surface area contributed by atoms with Crippen LogP contribution in [-0.4, -0.2) is 42.6 Å². The maximum absolute atomic E-state index is 11.5. The van der Waals surface area contributed by atoms with Crippen molar-refractivity contribution in [1.29, 1.82) is 5.26 Å². The van der Waals surface area contributed by atoms with Crippen LogP contribution in [-0.2, 0) is 10.0 Å². The first-order valence-corrected chi connectivity index (χ1v) is 6.85.